The van der Waals surface area contributed by atoms with Gasteiger partial charge in [-0.2, -0.15) is 0 Å². The van der Waals surface area contributed by atoms with Crippen molar-refractivity contribution in [2.45, 2.75) is 91.6 Å². The van der Waals surface area contributed by atoms with Gasteiger partial charge in [-0.15, -0.1) is 0 Å². The third-order valence-corrected chi connectivity index (χ3v) is 4.61. The minimum atomic E-state index is -0.169. The van der Waals surface area contributed by atoms with Gasteiger partial charge in [-0.3, -0.25) is 4.79 Å². The fraction of sp³-hybridized carbons (Fsp3) is 0.941. The van der Waals surface area contributed by atoms with Gasteiger partial charge in [0.05, 0.1) is 0 Å². The molecule has 0 bridgehead atoms. The van der Waals surface area contributed by atoms with Gasteiger partial charge in [-0.1, -0.05) is 47.0 Å². The molecular formula is C17H32O2. The van der Waals surface area contributed by atoms with E-state index in [-0.39, 0.29) is 11.6 Å². The smallest absolute Gasteiger partial charge is 0.303 e. The van der Waals surface area contributed by atoms with Crippen molar-refractivity contribution in [2.75, 3.05) is 0 Å². The molecule has 0 amide bonds. The average Bonchev–Trinajstić information content (AvgIpc) is 2.27. The molecule has 0 N–H and O–H groups in total. The van der Waals surface area contributed by atoms with Crippen LogP contribution in [0.15, 0.2) is 0 Å². The first-order valence-corrected chi connectivity index (χ1v) is 7.99. The minimum absolute atomic E-state index is 0.106. The summed E-state index contributed by atoms with van der Waals surface area (Å²) < 4.78 is 5.81. The zero-order chi connectivity index (χ0) is 14.5. The minimum Gasteiger partial charge on any atom is -0.459 e. The number of carbonyl (C=O) groups excluding carboxylic acids is 1. The van der Waals surface area contributed by atoms with Crippen LogP contribution in [-0.2, 0) is 9.53 Å². The van der Waals surface area contributed by atoms with Gasteiger partial charge in [-0.25, -0.2) is 0 Å². The molecule has 2 heteroatoms. The van der Waals surface area contributed by atoms with E-state index in [2.05, 4.69) is 27.7 Å². The molecular weight excluding hydrogens is 236 g/mol. The second-order valence-electron chi connectivity index (χ2n) is 7.39. The number of rotatable bonds is 5. The number of ether oxygens (including phenoxy) is 1. The maximum atomic E-state index is 11.5. The van der Waals surface area contributed by atoms with E-state index in [0.717, 1.165) is 19.3 Å². The van der Waals surface area contributed by atoms with Crippen molar-refractivity contribution in [2.24, 2.45) is 11.3 Å². The van der Waals surface area contributed by atoms with Crippen LogP contribution in [0.1, 0.15) is 86.0 Å². The SMILES string of the molecule is CCCC(CC1(OC(C)=O)CCCCC1)C(C)(C)C. The van der Waals surface area contributed by atoms with Crippen molar-refractivity contribution in [3.05, 3.63) is 0 Å². The van der Waals surface area contributed by atoms with Crippen molar-refractivity contribution < 1.29 is 9.53 Å². The molecule has 0 aromatic rings. The summed E-state index contributed by atoms with van der Waals surface area (Å²) in [6.45, 7) is 10.8. The highest BCUT2D eigenvalue weighted by Crippen LogP contribution is 2.43. The Kier molecular flexibility index (Phi) is 5.88. The van der Waals surface area contributed by atoms with Crippen molar-refractivity contribution >= 4 is 5.97 Å². The maximum Gasteiger partial charge on any atom is 0.303 e. The molecule has 112 valence electrons. The van der Waals surface area contributed by atoms with Gasteiger partial charge in [0.15, 0.2) is 0 Å². The van der Waals surface area contributed by atoms with E-state index in [0.29, 0.717) is 11.3 Å². The van der Waals surface area contributed by atoms with E-state index in [9.17, 15) is 4.79 Å². The van der Waals surface area contributed by atoms with Crippen molar-refractivity contribution in [3.63, 3.8) is 0 Å². The molecule has 0 spiro atoms. The van der Waals surface area contributed by atoms with E-state index >= 15 is 0 Å². The molecule has 0 saturated heterocycles. The highest BCUT2D eigenvalue weighted by Gasteiger charge is 2.40. The molecule has 1 fully saturated rings. The van der Waals surface area contributed by atoms with E-state index in [1.807, 2.05) is 0 Å². The summed E-state index contributed by atoms with van der Waals surface area (Å²) in [5, 5.41) is 0. The Morgan fingerprint density at radius 3 is 2.21 bits per heavy atom. The lowest BCUT2D eigenvalue weighted by atomic mass is 9.69. The van der Waals surface area contributed by atoms with Crippen LogP contribution in [0.2, 0.25) is 0 Å². The Labute approximate surface area is 119 Å². The van der Waals surface area contributed by atoms with E-state index in [1.165, 1.54) is 32.1 Å². The van der Waals surface area contributed by atoms with E-state index < -0.39 is 0 Å². The fourth-order valence-corrected chi connectivity index (χ4v) is 3.49. The molecule has 1 atom stereocenters. The predicted molar refractivity (Wildman–Crippen MR) is 80.1 cm³/mol. The zero-order valence-electron chi connectivity index (χ0n) is 13.6. The molecule has 1 unspecified atom stereocenters. The maximum absolute atomic E-state index is 11.5. The van der Waals surface area contributed by atoms with Crippen LogP contribution < -0.4 is 0 Å². The average molecular weight is 268 g/mol. The van der Waals surface area contributed by atoms with Gasteiger partial charge >= 0.3 is 5.97 Å². The first-order valence-electron chi connectivity index (χ1n) is 7.99. The van der Waals surface area contributed by atoms with Gasteiger partial charge < -0.3 is 4.74 Å². The summed E-state index contributed by atoms with van der Waals surface area (Å²) in [5.74, 6) is 0.529. The zero-order valence-corrected chi connectivity index (χ0v) is 13.6. The molecule has 0 heterocycles. The first-order chi connectivity index (χ1) is 8.79. The van der Waals surface area contributed by atoms with Crippen LogP contribution in [0, 0.1) is 11.3 Å². The summed E-state index contributed by atoms with van der Waals surface area (Å²) in [6.07, 6.45) is 9.30. The van der Waals surface area contributed by atoms with E-state index in [4.69, 9.17) is 4.74 Å². The highest BCUT2D eigenvalue weighted by molar-refractivity contribution is 5.66. The fourth-order valence-electron chi connectivity index (χ4n) is 3.49. The summed E-state index contributed by atoms with van der Waals surface area (Å²) in [6, 6.07) is 0. The Balaban J connectivity index is 2.82. The van der Waals surface area contributed by atoms with Crippen LogP contribution >= 0.6 is 0 Å². The van der Waals surface area contributed by atoms with Crippen molar-refractivity contribution in [3.8, 4) is 0 Å². The second-order valence-corrected chi connectivity index (χ2v) is 7.39. The third kappa shape index (κ3) is 5.16. The van der Waals surface area contributed by atoms with Gasteiger partial charge in [0.25, 0.3) is 0 Å². The number of hydrogen-bond acceptors (Lipinski definition) is 2. The lowest BCUT2D eigenvalue weighted by Gasteiger charge is -2.42. The van der Waals surface area contributed by atoms with Gasteiger partial charge in [0, 0.05) is 6.92 Å². The van der Waals surface area contributed by atoms with Crippen LogP contribution in [0.25, 0.3) is 0 Å². The van der Waals surface area contributed by atoms with Gasteiger partial charge in [-0.05, 0) is 43.4 Å². The Bertz CT molecular complexity index is 282. The molecule has 0 aromatic carbocycles. The van der Waals surface area contributed by atoms with Gasteiger partial charge in [0.1, 0.15) is 5.60 Å². The lowest BCUT2D eigenvalue weighted by molar-refractivity contribution is -0.164. The topological polar surface area (TPSA) is 26.3 Å². The molecule has 1 aliphatic carbocycles. The number of esters is 1. The molecule has 0 aliphatic heterocycles. The second kappa shape index (κ2) is 6.76. The molecule has 1 saturated carbocycles. The normalized spacial score (nSPS) is 20.9. The first kappa shape index (κ1) is 16.5. The molecule has 1 rings (SSSR count). The van der Waals surface area contributed by atoms with E-state index in [1.54, 1.807) is 6.92 Å². The Hall–Kier alpha value is -0.530. The molecule has 2 nitrogen and oxygen atoms in total. The summed E-state index contributed by atoms with van der Waals surface area (Å²) in [5.41, 5.74) is 0.123. The largest absolute Gasteiger partial charge is 0.459 e. The number of hydrogen-bond donors (Lipinski definition) is 0. The van der Waals surface area contributed by atoms with Crippen LogP contribution in [0.5, 0.6) is 0 Å². The standard InChI is InChI=1S/C17H32O2/c1-6-10-15(16(3,4)5)13-17(19-14(2)18)11-8-7-9-12-17/h15H,6-13H2,1-5H3. The summed E-state index contributed by atoms with van der Waals surface area (Å²) in [4.78, 5) is 11.5. The highest BCUT2D eigenvalue weighted by atomic mass is 16.6. The molecule has 0 radical (unpaired) electrons. The van der Waals surface area contributed by atoms with Crippen LogP contribution in [0.3, 0.4) is 0 Å². The predicted octanol–water partition coefficient (Wildman–Crippen LogP) is 5.10. The molecule has 1 aliphatic rings. The lowest BCUT2D eigenvalue weighted by Crippen LogP contribution is -2.41. The quantitative estimate of drug-likeness (QED) is 0.648. The van der Waals surface area contributed by atoms with Crippen LogP contribution in [-0.4, -0.2) is 11.6 Å². The third-order valence-electron chi connectivity index (χ3n) is 4.61. The molecule has 19 heavy (non-hydrogen) atoms. The number of carbonyl (C=O) groups is 1. The van der Waals surface area contributed by atoms with Crippen molar-refractivity contribution in [1.82, 2.24) is 0 Å². The van der Waals surface area contributed by atoms with Crippen LogP contribution in [0.4, 0.5) is 0 Å². The summed E-state index contributed by atoms with van der Waals surface area (Å²) in [7, 11) is 0. The molecule has 0 aromatic heterocycles. The monoisotopic (exact) mass is 268 g/mol. The summed E-state index contributed by atoms with van der Waals surface area (Å²) >= 11 is 0. The van der Waals surface area contributed by atoms with Crippen molar-refractivity contribution in [1.29, 1.82) is 0 Å². The Morgan fingerprint density at radius 2 is 1.79 bits per heavy atom. The Morgan fingerprint density at radius 1 is 1.21 bits per heavy atom. The van der Waals surface area contributed by atoms with Gasteiger partial charge in [0.2, 0.25) is 0 Å².